The third-order valence-corrected chi connectivity index (χ3v) is 5.60. The van der Waals surface area contributed by atoms with Gasteiger partial charge in [0, 0.05) is 16.2 Å². The van der Waals surface area contributed by atoms with Gasteiger partial charge in [0.2, 0.25) is 0 Å². The minimum atomic E-state index is -0.894. The zero-order valence-corrected chi connectivity index (χ0v) is 15.4. The Hall–Kier alpha value is -2.80. The van der Waals surface area contributed by atoms with Crippen LogP contribution in [-0.4, -0.2) is 24.4 Å². The number of halogens is 1. The average Bonchev–Trinajstić information content (AvgIpc) is 2.68. The number of hydrogen-bond donors (Lipinski definition) is 1. The van der Waals surface area contributed by atoms with Gasteiger partial charge in [-0.3, -0.25) is 4.90 Å². The zero-order chi connectivity index (χ0) is 19.0. The molecular formula is C20H17FN2O3S. The number of urea groups is 1. The third-order valence-electron chi connectivity index (χ3n) is 4.52. The molecule has 1 unspecified atom stereocenters. The van der Waals surface area contributed by atoms with Crippen molar-refractivity contribution in [2.45, 2.75) is 17.9 Å². The van der Waals surface area contributed by atoms with E-state index in [2.05, 4.69) is 5.32 Å². The maximum absolute atomic E-state index is 14.4. The number of fused-ring (bicyclic) bond motifs is 3. The van der Waals surface area contributed by atoms with Gasteiger partial charge in [0.15, 0.2) is 0 Å². The van der Waals surface area contributed by atoms with E-state index in [0.717, 1.165) is 4.90 Å². The Labute approximate surface area is 160 Å². The Morgan fingerprint density at radius 2 is 2.00 bits per heavy atom. The van der Waals surface area contributed by atoms with Crippen LogP contribution in [0.4, 0.5) is 14.9 Å². The normalized spacial score (nSPS) is 18.5. The first-order valence-corrected chi connectivity index (χ1v) is 9.57. The van der Waals surface area contributed by atoms with E-state index in [0.29, 0.717) is 17.1 Å². The minimum Gasteiger partial charge on any atom is -0.463 e. The topological polar surface area (TPSA) is 58.6 Å². The number of ether oxygens (including phenoxy) is 1. The summed E-state index contributed by atoms with van der Waals surface area (Å²) < 4.78 is 19.7. The van der Waals surface area contributed by atoms with Crippen LogP contribution in [0.5, 0.6) is 0 Å². The molecule has 2 amide bonds. The number of anilines is 1. The van der Waals surface area contributed by atoms with Crippen LogP contribution in [0.2, 0.25) is 0 Å². The van der Waals surface area contributed by atoms with E-state index in [-0.39, 0.29) is 23.8 Å². The lowest BCUT2D eigenvalue weighted by Gasteiger charge is -2.39. The predicted octanol–water partition coefficient (Wildman–Crippen LogP) is 4.02. The lowest BCUT2D eigenvalue weighted by molar-refractivity contribution is -0.139. The number of hydrogen-bond acceptors (Lipinski definition) is 4. The lowest BCUT2D eigenvalue weighted by Crippen LogP contribution is -2.50. The summed E-state index contributed by atoms with van der Waals surface area (Å²) >= 11 is 1.54. The molecule has 7 heteroatoms. The summed E-state index contributed by atoms with van der Waals surface area (Å²) in [6.07, 6.45) is 0. The number of nitrogens with one attached hydrogen (secondary N) is 1. The number of esters is 1. The van der Waals surface area contributed by atoms with Crippen LogP contribution in [0.1, 0.15) is 18.5 Å². The van der Waals surface area contributed by atoms with Gasteiger partial charge in [0.1, 0.15) is 5.82 Å². The van der Waals surface area contributed by atoms with Crippen molar-refractivity contribution in [2.75, 3.05) is 17.3 Å². The Balaban J connectivity index is 1.91. The largest absolute Gasteiger partial charge is 0.463 e. The fraction of sp³-hybridized carbons (Fsp3) is 0.200. The molecular weight excluding hydrogens is 367 g/mol. The summed E-state index contributed by atoms with van der Waals surface area (Å²) in [7, 11) is 0. The van der Waals surface area contributed by atoms with Crippen LogP contribution in [0.25, 0.3) is 0 Å². The molecule has 1 atom stereocenters. The molecule has 1 N–H and O–H groups in total. The first-order chi connectivity index (χ1) is 13.1. The van der Waals surface area contributed by atoms with Crippen molar-refractivity contribution in [1.82, 2.24) is 5.32 Å². The molecule has 2 aromatic rings. The quantitative estimate of drug-likeness (QED) is 0.812. The Morgan fingerprint density at radius 1 is 1.26 bits per heavy atom. The molecule has 2 heterocycles. The highest BCUT2D eigenvalue weighted by Gasteiger charge is 2.41. The number of para-hydroxylation sites is 1. The van der Waals surface area contributed by atoms with Crippen LogP contribution in [0.3, 0.4) is 0 Å². The second kappa shape index (κ2) is 7.08. The molecule has 2 aromatic carbocycles. The molecule has 0 saturated heterocycles. The fourth-order valence-electron chi connectivity index (χ4n) is 3.36. The second-order valence-corrected chi connectivity index (χ2v) is 7.09. The molecule has 4 rings (SSSR count). The van der Waals surface area contributed by atoms with Crippen molar-refractivity contribution in [2.24, 2.45) is 0 Å². The fourth-order valence-corrected chi connectivity index (χ4v) is 4.42. The molecule has 2 aliphatic heterocycles. The van der Waals surface area contributed by atoms with Gasteiger partial charge in [-0.15, -0.1) is 11.8 Å². The first kappa shape index (κ1) is 17.6. The molecule has 0 spiro atoms. The average molecular weight is 384 g/mol. The molecule has 0 aromatic heterocycles. The highest BCUT2D eigenvalue weighted by Crippen LogP contribution is 2.44. The van der Waals surface area contributed by atoms with Crippen LogP contribution in [-0.2, 0) is 9.53 Å². The van der Waals surface area contributed by atoms with Crippen molar-refractivity contribution in [1.29, 1.82) is 0 Å². The van der Waals surface area contributed by atoms with Gasteiger partial charge in [-0.2, -0.15) is 0 Å². The summed E-state index contributed by atoms with van der Waals surface area (Å²) in [6.45, 7) is 1.91. The molecule has 5 nitrogen and oxygen atoms in total. The molecule has 0 fully saturated rings. The molecule has 0 aliphatic carbocycles. The number of benzene rings is 2. The van der Waals surface area contributed by atoms with Crippen molar-refractivity contribution in [3.05, 3.63) is 71.2 Å². The minimum absolute atomic E-state index is 0.192. The highest BCUT2D eigenvalue weighted by atomic mass is 32.2. The van der Waals surface area contributed by atoms with Gasteiger partial charge in [0.05, 0.1) is 29.6 Å². The maximum atomic E-state index is 14.4. The standard InChI is InChI=1S/C20H17FN2O3S/c1-2-26-19(24)17-15-11-27-16-10-6-5-9-14(16)23(15)20(25)22-18(17)12-7-3-4-8-13(12)21/h3-10,18H,2,11H2,1H3,(H,22,25). The van der Waals surface area contributed by atoms with E-state index in [1.807, 2.05) is 24.3 Å². The number of rotatable bonds is 3. The van der Waals surface area contributed by atoms with Gasteiger partial charge in [0.25, 0.3) is 0 Å². The molecule has 27 heavy (non-hydrogen) atoms. The van der Waals surface area contributed by atoms with E-state index in [9.17, 15) is 14.0 Å². The van der Waals surface area contributed by atoms with Gasteiger partial charge in [-0.25, -0.2) is 14.0 Å². The van der Waals surface area contributed by atoms with Gasteiger partial charge in [-0.1, -0.05) is 30.3 Å². The van der Waals surface area contributed by atoms with Crippen LogP contribution in [0.15, 0.2) is 64.7 Å². The SMILES string of the molecule is CCOC(=O)C1=C2CSc3ccccc3N2C(=O)NC1c1ccccc1F. The molecule has 0 saturated carbocycles. The Kier molecular flexibility index (Phi) is 4.61. The number of nitrogens with zero attached hydrogens (tertiary/aromatic N) is 1. The summed E-state index contributed by atoms with van der Waals surface area (Å²) in [5, 5.41) is 2.78. The summed E-state index contributed by atoms with van der Waals surface area (Å²) in [4.78, 5) is 28.1. The van der Waals surface area contributed by atoms with E-state index in [1.165, 1.54) is 22.7 Å². The van der Waals surface area contributed by atoms with Crippen molar-refractivity contribution < 1.29 is 18.7 Å². The highest BCUT2D eigenvalue weighted by molar-refractivity contribution is 7.99. The van der Waals surface area contributed by atoms with Gasteiger partial charge in [-0.05, 0) is 25.1 Å². The number of thioether (sulfide) groups is 1. The Morgan fingerprint density at radius 3 is 2.78 bits per heavy atom. The predicted molar refractivity (Wildman–Crippen MR) is 101 cm³/mol. The lowest BCUT2D eigenvalue weighted by atomic mass is 9.94. The van der Waals surface area contributed by atoms with Crippen molar-refractivity contribution >= 4 is 29.4 Å². The van der Waals surface area contributed by atoms with E-state index in [4.69, 9.17) is 4.74 Å². The van der Waals surface area contributed by atoms with E-state index < -0.39 is 17.8 Å². The third kappa shape index (κ3) is 2.98. The van der Waals surface area contributed by atoms with Crippen molar-refractivity contribution in [3.63, 3.8) is 0 Å². The number of carbonyl (C=O) groups excluding carboxylic acids is 2. The Bertz CT molecular complexity index is 960. The number of carbonyl (C=O) groups is 2. The van der Waals surface area contributed by atoms with Crippen LogP contribution in [0, 0.1) is 5.82 Å². The van der Waals surface area contributed by atoms with Gasteiger partial charge >= 0.3 is 12.0 Å². The molecule has 0 bridgehead atoms. The molecule has 138 valence electrons. The summed E-state index contributed by atoms with van der Waals surface area (Å²) in [5.41, 5.74) is 1.75. The zero-order valence-electron chi connectivity index (χ0n) is 14.6. The molecule has 2 aliphatic rings. The van der Waals surface area contributed by atoms with Crippen LogP contribution >= 0.6 is 11.8 Å². The van der Waals surface area contributed by atoms with Crippen molar-refractivity contribution in [3.8, 4) is 0 Å². The molecule has 0 radical (unpaired) electrons. The van der Waals surface area contributed by atoms with E-state index in [1.54, 1.807) is 25.1 Å². The number of amides is 2. The summed E-state index contributed by atoms with van der Waals surface area (Å²) in [5.74, 6) is -0.614. The van der Waals surface area contributed by atoms with Crippen LogP contribution < -0.4 is 10.2 Å². The second-order valence-electron chi connectivity index (χ2n) is 6.08. The first-order valence-electron chi connectivity index (χ1n) is 8.59. The summed E-state index contributed by atoms with van der Waals surface area (Å²) in [6, 6.07) is 12.3. The smallest absolute Gasteiger partial charge is 0.338 e. The van der Waals surface area contributed by atoms with E-state index >= 15 is 0 Å². The van der Waals surface area contributed by atoms with Gasteiger partial charge < -0.3 is 10.1 Å². The monoisotopic (exact) mass is 384 g/mol. The maximum Gasteiger partial charge on any atom is 0.338 e.